The average Bonchev–Trinajstić information content (AvgIpc) is 2.48. The molecule has 1 rings (SSSR count). The third kappa shape index (κ3) is 4.75. The standard InChI is InChI=1S/C18H32F2Si2/c1-5-13-21(19,14-6-2)17-9-11-18(12-10-17)22(20,15-7-3)16-8-4/h9-12H,5-8,13-16H2,1-4H3. The molecule has 4 heteroatoms. The average molecular weight is 343 g/mol. The van der Waals surface area contributed by atoms with Crippen LogP contribution in [-0.2, 0) is 0 Å². The van der Waals surface area contributed by atoms with Gasteiger partial charge in [-0.25, -0.2) is 0 Å². The van der Waals surface area contributed by atoms with E-state index < -0.39 is 16.8 Å². The summed E-state index contributed by atoms with van der Waals surface area (Å²) in [4.78, 5) is 0. The molecule has 1 aromatic carbocycles. The smallest absolute Gasteiger partial charge is 0.277 e. The largest absolute Gasteiger partial charge is 0.308 e. The van der Waals surface area contributed by atoms with Crippen LogP contribution in [0, 0.1) is 0 Å². The van der Waals surface area contributed by atoms with E-state index >= 15 is 8.22 Å². The SMILES string of the molecule is CCC[Si](F)(CCC)c1ccc([Si](F)(CCC)CCC)cc1. The molecule has 22 heavy (non-hydrogen) atoms. The minimum atomic E-state index is -2.85. The highest BCUT2D eigenvalue weighted by Gasteiger charge is 2.37. The van der Waals surface area contributed by atoms with Crippen molar-refractivity contribution < 1.29 is 8.22 Å². The first-order valence-electron chi connectivity index (χ1n) is 8.94. The molecule has 0 amide bonds. The predicted octanol–water partition coefficient (Wildman–Crippen LogP) is 5.57. The van der Waals surface area contributed by atoms with Gasteiger partial charge in [0.1, 0.15) is 0 Å². The molecule has 0 saturated heterocycles. The minimum absolute atomic E-state index is 0.683. The molecule has 0 saturated carbocycles. The molecule has 0 bridgehead atoms. The molecule has 0 nitrogen and oxygen atoms in total. The van der Waals surface area contributed by atoms with Crippen LogP contribution in [0.15, 0.2) is 24.3 Å². The van der Waals surface area contributed by atoms with E-state index in [1.54, 1.807) is 0 Å². The summed E-state index contributed by atoms with van der Waals surface area (Å²) in [5.74, 6) is 0. The Morgan fingerprint density at radius 3 is 1.00 bits per heavy atom. The highest BCUT2D eigenvalue weighted by Crippen LogP contribution is 2.23. The van der Waals surface area contributed by atoms with Gasteiger partial charge in [0.05, 0.1) is 0 Å². The fourth-order valence-electron chi connectivity index (χ4n) is 3.48. The second-order valence-electron chi connectivity index (χ2n) is 6.51. The second kappa shape index (κ2) is 8.97. The molecule has 0 aliphatic heterocycles. The van der Waals surface area contributed by atoms with Crippen LogP contribution in [0.3, 0.4) is 0 Å². The van der Waals surface area contributed by atoms with Crippen LogP contribution in [0.2, 0.25) is 24.2 Å². The minimum Gasteiger partial charge on any atom is -0.308 e. The Hall–Kier alpha value is -0.486. The molecular formula is C18H32F2Si2. The van der Waals surface area contributed by atoms with Gasteiger partial charge in [0.2, 0.25) is 0 Å². The van der Waals surface area contributed by atoms with Gasteiger partial charge in [-0.05, 0) is 34.5 Å². The van der Waals surface area contributed by atoms with Gasteiger partial charge < -0.3 is 8.22 Å². The Balaban J connectivity index is 3.06. The Morgan fingerprint density at radius 2 is 0.818 bits per heavy atom. The first-order chi connectivity index (χ1) is 10.5. The van der Waals surface area contributed by atoms with Gasteiger partial charge >= 0.3 is 0 Å². The molecule has 126 valence electrons. The highest BCUT2D eigenvalue weighted by molar-refractivity contribution is 6.87. The third-order valence-corrected chi connectivity index (χ3v) is 12.4. The lowest BCUT2D eigenvalue weighted by molar-refractivity contribution is 0.750. The van der Waals surface area contributed by atoms with Gasteiger partial charge in [-0.1, -0.05) is 77.6 Å². The quantitative estimate of drug-likeness (QED) is 0.385. The van der Waals surface area contributed by atoms with Crippen LogP contribution in [0.25, 0.3) is 0 Å². The molecule has 0 aliphatic carbocycles. The fraction of sp³-hybridized carbons (Fsp3) is 0.667. The molecule has 0 aliphatic rings. The zero-order valence-corrected chi connectivity index (χ0v) is 16.7. The Labute approximate surface area is 137 Å². The number of rotatable bonds is 10. The molecule has 0 N–H and O–H groups in total. The third-order valence-electron chi connectivity index (χ3n) is 4.50. The summed E-state index contributed by atoms with van der Waals surface area (Å²) in [5, 5.41) is 1.73. The molecule has 0 atom stereocenters. The van der Waals surface area contributed by atoms with E-state index in [1.165, 1.54) is 0 Å². The number of halogens is 2. The lowest BCUT2D eigenvalue weighted by atomic mass is 10.4. The molecule has 0 radical (unpaired) electrons. The van der Waals surface area contributed by atoms with Crippen molar-refractivity contribution in [3.63, 3.8) is 0 Å². The number of hydrogen-bond donors (Lipinski definition) is 0. The van der Waals surface area contributed by atoms with Gasteiger partial charge in [0.25, 0.3) is 16.8 Å². The van der Waals surface area contributed by atoms with Crippen LogP contribution in [0.4, 0.5) is 8.22 Å². The summed E-state index contributed by atoms with van der Waals surface area (Å²) in [5.41, 5.74) is 0. The van der Waals surface area contributed by atoms with Gasteiger partial charge in [-0.3, -0.25) is 0 Å². The maximum absolute atomic E-state index is 15.3. The Kier molecular flexibility index (Phi) is 7.97. The van der Waals surface area contributed by atoms with Crippen molar-refractivity contribution in [3.8, 4) is 0 Å². The normalized spacial score (nSPS) is 12.6. The van der Waals surface area contributed by atoms with Crippen molar-refractivity contribution in [3.05, 3.63) is 24.3 Å². The number of benzene rings is 1. The predicted molar refractivity (Wildman–Crippen MR) is 99.8 cm³/mol. The summed E-state index contributed by atoms with van der Waals surface area (Å²) in [6, 6.07) is 10.3. The second-order valence-corrected chi connectivity index (χ2v) is 13.5. The first kappa shape index (κ1) is 19.6. The maximum atomic E-state index is 15.3. The van der Waals surface area contributed by atoms with Crippen LogP contribution < -0.4 is 10.4 Å². The summed E-state index contributed by atoms with van der Waals surface area (Å²) in [6.07, 6.45) is 3.55. The van der Waals surface area contributed by atoms with E-state index in [1.807, 2.05) is 52.0 Å². The zero-order valence-electron chi connectivity index (χ0n) is 14.7. The lowest BCUT2D eigenvalue weighted by Gasteiger charge is -2.25. The molecule has 0 spiro atoms. The summed E-state index contributed by atoms with van der Waals surface area (Å²) < 4.78 is 30.6. The van der Waals surface area contributed by atoms with E-state index in [9.17, 15) is 0 Å². The fourth-order valence-corrected chi connectivity index (χ4v) is 9.83. The lowest BCUT2D eigenvalue weighted by Crippen LogP contribution is -2.47. The Morgan fingerprint density at radius 1 is 0.591 bits per heavy atom. The van der Waals surface area contributed by atoms with Gasteiger partial charge in [-0.2, -0.15) is 0 Å². The van der Waals surface area contributed by atoms with E-state index in [0.29, 0.717) is 24.2 Å². The monoisotopic (exact) mass is 342 g/mol. The van der Waals surface area contributed by atoms with Crippen molar-refractivity contribution in [2.45, 2.75) is 77.6 Å². The Bertz CT molecular complexity index is 378. The van der Waals surface area contributed by atoms with Gasteiger partial charge in [-0.15, -0.1) is 0 Å². The van der Waals surface area contributed by atoms with Crippen LogP contribution >= 0.6 is 0 Å². The van der Waals surface area contributed by atoms with Crippen molar-refractivity contribution in [1.29, 1.82) is 0 Å². The number of hydrogen-bond acceptors (Lipinski definition) is 0. The van der Waals surface area contributed by atoms with Crippen molar-refractivity contribution in [2.75, 3.05) is 0 Å². The molecule has 0 unspecified atom stereocenters. The van der Waals surface area contributed by atoms with E-state index in [4.69, 9.17) is 0 Å². The summed E-state index contributed by atoms with van der Waals surface area (Å²) in [6.45, 7) is 8.20. The first-order valence-corrected chi connectivity index (χ1v) is 13.5. The maximum Gasteiger partial charge on any atom is 0.277 e. The molecule has 0 heterocycles. The van der Waals surface area contributed by atoms with Crippen LogP contribution in [0.1, 0.15) is 53.4 Å². The highest BCUT2D eigenvalue weighted by atomic mass is 28.4. The van der Waals surface area contributed by atoms with Gasteiger partial charge in [0, 0.05) is 0 Å². The van der Waals surface area contributed by atoms with E-state index in [0.717, 1.165) is 36.1 Å². The molecular weight excluding hydrogens is 310 g/mol. The summed E-state index contributed by atoms with van der Waals surface area (Å²) in [7, 11) is -5.70. The molecule has 0 fully saturated rings. The van der Waals surface area contributed by atoms with Crippen molar-refractivity contribution >= 4 is 27.2 Å². The molecule has 0 aromatic heterocycles. The zero-order chi connectivity index (χ0) is 16.6. The van der Waals surface area contributed by atoms with E-state index in [2.05, 4.69) is 0 Å². The van der Waals surface area contributed by atoms with Gasteiger partial charge in [0.15, 0.2) is 0 Å². The van der Waals surface area contributed by atoms with E-state index in [-0.39, 0.29) is 0 Å². The summed E-state index contributed by atoms with van der Waals surface area (Å²) >= 11 is 0. The molecule has 1 aromatic rings. The van der Waals surface area contributed by atoms with Crippen LogP contribution in [-0.4, -0.2) is 16.8 Å². The topological polar surface area (TPSA) is 0 Å². The van der Waals surface area contributed by atoms with Crippen molar-refractivity contribution in [2.24, 2.45) is 0 Å². The van der Waals surface area contributed by atoms with Crippen molar-refractivity contribution in [1.82, 2.24) is 0 Å². The van der Waals surface area contributed by atoms with Crippen LogP contribution in [0.5, 0.6) is 0 Å².